The third kappa shape index (κ3) is 5.39. The molecule has 1 aliphatic rings. The molecule has 35 heavy (non-hydrogen) atoms. The summed E-state index contributed by atoms with van der Waals surface area (Å²) in [5, 5.41) is 20.9. The van der Waals surface area contributed by atoms with Crippen molar-refractivity contribution in [3.63, 3.8) is 0 Å². The molecule has 1 aromatic heterocycles. The predicted octanol–water partition coefficient (Wildman–Crippen LogP) is 6.04. The molecule has 0 spiro atoms. The fraction of sp³-hybridized carbons (Fsp3) is 0.393. The standard InChI is InChI=1S/C28H34N4O3/c1-17(2)29-27(35)32-24(18-7-6-8-18)16-23(31-32)22-15-21(13-14-25(22)33)30-26(34)19-9-11-20(12-10-19)28(3,4)5/h9-18,33H,6-8H2,1-5H3,(H,29,35)(H,30,34). The van der Waals surface area contributed by atoms with Gasteiger partial charge in [-0.3, -0.25) is 4.79 Å². The van der Waals surface area contributed by atoms with Gasteiger partial charge in [-0.2, -0.15) is 9.78 Å². The maximum absolute atomic E-state index is 12.8. The highest BCUT2D eigenvalue weighted by atomic mass is 16.3. The lowest BCUT2D eigenvalue weighted by molar-refractivity contribution is 0.102. The smallest absolute Gasteiger partial charge is 0.342 e. The van der Waals surface area contributed by atoms with Crippen molar-refractivity contribution in [3.05, 3.63) is 65.4 Å². The van der Waals surface area contributed by atoms with E-state index in [1.54, 1.807) is 12.1 Å². The first kappa shape index (κ1) is 24.5. The van der Waals surface area contributed by atoms with Gasteiger partial charge in [-0.15, -0.1) is 0 Å². The van der Waals surface area contributed by atoms with Gasteiger partial charge >= 0.3 is 6.03 Å². The SMILES string of the molecule is CC(C)NC(=O)n1nc(-c2cc(NC(=O)c3ccc(C(C)(C)C)cc3)ccc2O)cc1C1CCC1. The van der Waals surface area contributed by atoms with Gasteiger partial charge in [0.05, 0.1) is 11.4 Å². The molecule has 0 bridgehead atoms. The van der Waals surface area contributed by atoms with E-state index < -0.39 is 0 Å². The molecule has 1 heterocycles. The molecular weight excluding hydrogens is 440 g/mol. The summed E-state index contributed by atoms with van der Waals surface area (Å²) in [5.74, 6) is 0.0703. The number of hydrogen-bond donors (Lipinski definition) is 3. The minimum absolute atomic E-state index is 0.00861. The van der Waals surface area contributed by atoms with Crippen LogP contribution in [-0.2, 0) is 5.41 Å². The van der Waals surface area contributed by atoms with E-state index in [1.807, 2.05) is 44.2 Å². The normalized spacial score (nSPS) is 14.0. The molecule has 7 heteroatoms. The molecule has 184 valence electrons. The molecule has 4 rings (SSSR count). The van der Waals surface area contributed by atoms with Crippen molar-refractivity contribution in [1.82, 2.24) is 15.1 Å². The number of carbonyl (C=O) groups is 2. The molecule has 0 aliphatic heterocycles. The van der Waals surface area contributed by atoms with Crippen molar-refractivity contribution in [1.29, 1.82) is 0 Å². The van der Waals surface area contributed by atoms with Gasteiger partial charge < -0.3 is 15.7 Å². The Bertz CT molecular complexity index is 1230. The number of hydrogen-bond acceptors (Lipinski definition) is 4. The van der Waals surface area contributed by atoms with E-state index in [-0.39, 0.29) is 35.1 Å². The Hall–Kier alpha value is -3.61. The van der Waals surface area contributed by atoms with Crippen molar-refractivity contribution in [2.45, 2.75) is 71.3 Å². The van der Waals surface area contributed by atoms with Crippen LogP contribution in [0.4, 0.5) is 10.5 Å². The van der Waals surface area contributed by atoms with E-state index in [9.17, 15) is 14.7 Å². The third-order valence-corrected chi connectivity index (χ3v) is 6.41. The van der Waals surface area contributed by atoms with Crippen molar-refractivity contribution in [2.75, 3.05) is 5.32 Å². The summed E-state index contributed by atoms with van der Waals surface area (Å²) in [6, 6.07) is 14.0. The Labute approximate surface area is 206 Å². The van der Waals surface area contributed by atoms with Crippen molar-refractivity contribution < 1.29 is 14.7 Å². The van der Waals surface area contributed by atoms with Crippen LogP contribution in [-0.4, -0.2) is 32.9 Å². The lowest BCUT2D eigenvalue weighted by atomic mass is 9.82. The van der Waals surface area contributed by atoms with Crippen LogP contribution in [0.15, 0.2) is 48.5 Å². The van der Waals surface area contributed by atoms with Crippen molar-refractivity contribution in [2.24, 2.45) is 0 Å². The van der Waals surface area contributed by atoms with E-state index >= 15 is 0 Å². The quantitative estimate of drug-likeness (QED) is 0.393. The molecule has 2 aromatic carbocycles. The maximum Gasteiger partial charge on any atom is 0.342 e. The Morgan fingerprint density at radius 1 is 1.06 bits per heavy atom. The van der Waals surface area contributed by atoms with Crippen LogP contribution in [0.25, 0.3) is 11.3 Å². The molecule has 0 radical (unpaired) electrons. The lowest BCUT2D eigenvalue weighted by Crippen LogP contribution is -2.36. The summed E-state index contributed by atoms with van der Waals surface area (Å²) in [7, 11) is 0. The van der Waals surface area contributed by atoms with Crippen LogP contribution < -0.4 is 10.6 Å². The van der Waals surface area contributed by atoms with Gasteiger partial charge in [0.25, 0.3) is 5.91 Å². The highest BCUT2D eigenvalue weighted by molar-refractivity contribution is 6.04. The lowest BCUT2D eigenvalue weighted by Gasteiger charge is -2.25. The van der Waals surface area contributed by atoms with Gasteiger partial charge in [0, 0.05) is 28.8 Å². The number of nitrogens with one attached hydrogen (secondary N) is 2. The maximum atomic E-state index is 12.8. The number of nitrogens with zero attached hydrogens (tertiary/aromatic N) is 2. The summed E-state index contributed by atoms with van der Waals surface area (Å²) >= 11 is 0. The zero-order valence-corrected chi connectivity index (χ0v) is 21.1. The summed E-state index contributed by atoms with van der Waals surface area (Å²) in [5.41, 5.74) is 4.05. The fourth-order valence-electron chi connectivity index (χ4n) is 4.14. The Kier molecular flexibility index (Phi) is 6.70. The van der Waals surface area contributed by atoms with Crippen LogP contribution >= 0.6 is 0 Å². The van der Waals surface area contributed by atoms with E-state index in [1.165, 1.54) is 10.7 Å². The minimum atomic E-state index is -0.282. The average Bonchev–Trinajstić information content (AvgIpc) is 3.17. The van der Waals surface area contributed by atoms with Crippen LogP contribution in [0.3, 0.4) is 0 Å². The zero-order chi connectivity index (χ0) is 25.3. The van der Waals surface area contributed by atoms with Crippen molar-refractivity contribution >= 4 is 17.6 Å². The van der Waals surface area contributed by atoms with Crippen LogP contribution in [0.5, 0.6) is 5.75 Å². The van der Waals surface area contributed by atoms with Crippen LogP contribution in [0.2, 0.25) is 0 Å². The Morgan fingerprint density at radius 2 is 1.74 bits per heavy atom. The number of aromatic nitrogens is 2. The highest BCUT2D eigenvalue weighted by Gasteiger charge is 2.28. The number of benzene rings is 2. The summed E-state index contributed by atoms with van der Waals surface area (Å²) in [4.78, 5) is 25.6. The molecule has 3 N–H and O–H groups in total. The summed E-state index contributed by atoms with van der Waals surface area (Å²) < 4.78 is 1.42. The third-order valence-electron chi connectivity index (χ3n) is 6.41. The van der Waals surface area contributed by atoms with Gasteiger partial charge in [0.15, 0.2) is 0 Å². The second-order valence-electron chi connectivity index (χ2n) is 10.6. The number of anilines is 1. The van der Waals surface area contributed by atoms with E-state index in [4.69, 9.17) is 0 Å². The van der Waals surface area contributed by atoms with Gasteiger partial charge in [-0.1, -0.05) is 39.3 Å². The first-order valence-corrected chi connectivity index (χ1v) is 12.2. The first-order chi connectivity index (χ1) is 16.5. The summed E-state index contributed by atoms with van der Waals surface area (Å²) in [6.07, 6.45) is 3.15. The largest absolute Gasteiger partial charge is 0.507 e. The van der Waals surface area contributed by atoms with E-state index in [2.05, 4.69) is 36.5 Å². The van der Waals surface area contributed by atoms with Gasteiger partial charge in [-0.25, -0.2) is 4.79 Å². The fourth-order valence-corrected chi connectivity index (χ4v) is 4.14. The monoisotopic (exact) mass is 474 g/mol. The number of carbonyl (C=O) groups excluding carboxylic acids is 2. The molecule has 0 atom stereocenters. The second kappa shape index (κ2) is 9.56. The number of rotatable bonds is 5. The molecule has 0 saturated heterocycles. The molecule has 0 unspecified atom stereocenters. The minimum Gasteiger partial charge on any atom is -0.507 e. The highest BCUT2D eigenvalue weighted by Crippen LogP contribution is 2.39. The average molecular weight is 475 g/mol. The van der Waals surface area contributed by atoms with Gasteiger partial charge in [0.1, 0.15) is 5.75 Å². The molecule has 1 saturated carbocycles. The van der Waals surface area contributed by atoms with Crippen molar-refractivity contribution in [3.8, 4) is 17.0 Å². The zero-order valence-electron chi connectivity index (χ0n) is 21.1. The molecule has 7 nitrogen and oxygen atoms in total. The molecule has 1 fully saturated rings. The Balaban J connectivity index is 1.60. The first-order valence-electron chi connectivity index (χ1n) is 12.2. The topological polar surface area (TPSA) is 96.3 Å². The second-order valence-corrected chi connectivity index (χ2v) is 10.6. The molecule has 2 amide bonds. The molecule has 1 aliphatic carbocycles. The number of aromatic hydroxyl groups is 1. The molecule has 3 aromatic rings. The Morgan fingerprint density at radius 3 is 2.31 bits per heavy atom. The summed E-state index contributed by atoms with van der Waals surface area (Å²) in [6.45, 7) is 10.2. The number of phenols is 1. The number of phenolic OH excluding ortho intramolecular Hbond substituents is 1. The van der Waals surface area contributed by atoms with E-state index in [0.717, 1.165) is 30.5 Å². The molecular formula is C28H34N4O3. The predicted molar refractivity (Wildman–Crippen MR) is 138 cm³/mol. The van der Waals surface area contributed by atoms with Gasteiger partial charge in [-0.05, 0) is 74.1 Å². The van der Waals surface area contributed by atoms with E-state index in [0.29, 0.717) is 22.5 Å². The van der Waals surface area contributed by atoms with Gasteiger partial charge in [0.2, 0.25) is 0 Å². The van der Waals surface area contributed by atoms with Crippen LogP contribution in [0, 0.1) is 0 Å². The van der Waals surface area contributed by atoms with Crippen LogP contribution in [0.1, 0.15) is 81.4 Å². The number of amides is 2.